The Balaban J connectivity index is 0.00000455. The fourth-order valence-electron chi connectivity index (χ4n) is 7.99. The molecular formula is C51H45N4OPt-3. The van der Waals surface area contributed by atoms with E-state index in [0.29, 0.717) is 17.4 Å². The smallest absolute Gasteiger partial charge is 0.135 e. The molecule has 0 unspecified atom stereocenters. The topological polar surface area (TPSA) is 33.5 Å². The third-order valence-corrected chi connectivity index (χ3v) is 11.0. The number of fused-ring (bicyclic) bond motifs is 4. The van der Waals surface area contributed by atoms with Crippen molar-refractivity contribution in [2.45, 2.75) is 58.8 Å². The molecule has 0 atom stereocenters. The van der Waals surface area contributed by atoms with Crippen molar-refractivity contribution in [1.82, 2.24) is 9.55 Å². The number of hydrogen-bond donors (Lipinski definition) is 0. The zero-order valence-electron chi connectivity index (χ0n) is 32.9. The van der Waals surface area contributed by atoms with E-state index in [9.17, 15) is 0 Å². The molecule has 0 fully saturated rings. The zero-order valence-corrected chi connectivity index (χ0v) is 35.2. The molecule has 0 aliphatic carbocycles. The first-order valence-electron chi connectivity index (χ1n) is 19.6. The molecule has 0 saturated heterocycles. The van der Waals surface area contributed by atoms with Crippen molar-refractivity contribution in [3.63, 3.8) is 0 Å². The van der Waals surface area contributed by atoms with Crippen LogP contribution in [-0.4, -0.2) is 9.55 Å². The van der Waals surface area contributed by atoms with Crippen LogP contribution in [0.1, 0.15) is 64.5 Å². The number of pyridine rings is 1. The van der Waals surface area contributed by atoms with Crippen molar-refractivity contribution in [1.29, 1.82) is 0 Å². The first-order valence-corrected chi connectivity index (χ1v) is 19.6. The molecule has 1 aliphatic rings. The molecule has 0 N–H and O–H groups in total. The van der Waals surface area contributed by atoms with E-state index in [1.807, 2.05) is 24.4 Å². The van der Waals surface area contributed by atoms with E-state index in [2.05, 4.69) is 189 Å². The summed E-state index contributed by atoms with van der Waals surface area (Å²) < 4.78 is 8.80. The van der Waals surface area contributed by atoms with Crippen LogP contribution in [0, 0.1) is 18.8 Å². The second kappa shape index (κ2) is 15.7. The predicted molar refractivity (Wildman–Crippen MR) is 232 cm³/mol. The van der Waals surface area contributed by atoms with Gasteiger partial charge in [0.1, 0.15) is 5.82 Å². The fraction of sp³-hybridized carbons (Fsp3) is 0.176. The largest absolute Gasteiger partial charge is 0.509 e. The number of hydrogen-bond acceptors (Lipinski definition) is 4. The molecule has 57 heavy (non-hydrogen) atoms. The minimum Gasteiger partial charge on any atom is -0.509 e. The Morgan fingerprint density at radius 2 is 1.39 bits per heavy atom. The van der Waals surface area contributed by atoms with Gasteiger partial charge in [-0.3, -0.25) is 0 Å². The Labute approximate surface area is 350 Å². The normalized spacial score (nSPS) is 12.7. The summed E-state index contributed by atoms with van der Waals surface area (Å²) >= 11 is 0. The molecule has 0 bridgehead atoms. The number of ether oxygens (including phenoxy) is 1. The Bertz CT molecular complexity index is 2690. The first-order chi connectivity index (χ1) is 27.3. The fourth-order valence-corrected chi connectivity index (χ4v) is 7.99. The van der Waals surface area contributed by atoms with Crippen molar-refractivity contribution in [3.8, 4) is 28.4 Å². The molecule has 0 amide bonds. The van der Waals surface area contributed by atoms with Crippen molar-refractivity contribution < 1.29 is 25.8 Å². The van der Waals surface area contributed by atoms with Gasteiger partial charge in [-0.1, -0.05) is 107 Å². The molecule has 3 heterocycles. The molecular weight excluding hydrogens is 880 g/mol. The van der Waals surface area contributed by atoms with E-state index in [1.54, 1.807) is 0 Å². The monoisotopic (exact) mass is 924 g/mol. The van der Waals surface area contributed by atoms with Gasteiger partial charge >= 0.3 is 0 Å². The van der Waals surface area contributed by atoms with Gasteiger partial charge in [0.25, 0.3) is 0 Å². The van der Waals surface area contributed by atoms with Crippen LogP contribution in [0.25, 0.3) is 38.8 Å². The van der Waals surface area contributed by atoms with E-state index in [1.165, 1.54) is 22.3 Å². The zero-order chi connectivity index (χ0) is 38.4. The summed E-state index contributed by atoms with van der Waals surface area (Å²) in [6, 6.07) is 56.3. The van der Waals surface area contributed by atoms with Gasteiger partial charge in [-0.2, -0.15) is 12.1 Å². The third-order valence-electron chi connectivity index (χ3n) is 11.0. The molecule has 1 aliphatic heterocycles. The Kier molecular flexibility index (Phi) is 10.5. The SMILES string of the molecule is CCC(CC)c1ccnc(-n2c3[c-]c(Oc4[c-]c(N5[CH-]N(c6cc(-c7ccccc7)cc(C(C)(C)C)c6)c6ccccc65)ccc4)ccc3c3ccccc32)c1.[Pt]. The van der Waals surface area contributed by atoms with E-state index in [4.69, 9.17) is 9.72 Å². The average molecular weight is 925 g/mol. The molecule has 6 heteroatoms. The van der Waals surface area contributed by atoms with Crippen LogP contribution in [0.3, 0.4) is 0 Å². The summed E-state index contributed by atoms with van der Waals surface area (Å²) in [7, 11) is 0. The van der Waals surface area contributed by atoms with Gasteiger partial charge in [0.2, 0.25) is 0 Å². The minimum absolute atomic E-state index is 0. The van der Waals surface area contributed by atoms with E-state index in [0.717, 1.165) is 63.2 Å². The summed E-state index contributed by atoms with van der Waals surface area (Å²) in [5, 5.41) is 2.26. The number of nitrogens with zero attached hydrogens (tertiary/aromatic N) is 4. The van der Waals surface area contributed by atoms with Gasteiger partial charge in [0.05, 0.1) is 0 Å². The quantitative estimate of drug-likeness (QED) is 0.135. The van der Waals surface area contributed by atoms with Crippen molar-refractivity contribution in [3.05, 3.63) is 176 Å². The molecule has 2 aromatic heterocycles. The van der Waals surface area contributed by atoms with Crippen LogP contribution in [0.5, 0.6) is 11.5 Å². The van der Waals surface area contributed by atoms with E-state index in [-0.39, 0.29) is 26.5 Å². The van der Waals surface area contributed by atoms with Crippen LogP contribution in [-0.2, 0) is 26.5 Å². The number of rotatable bonds is 9. The van der Waals surface area contributed by atoms with Crippen molar-refractivity contribution in [2.24, 2.45) is 0 Å². The van der Waals surface area contributed by atoms with Gasteiger partial charge in [0.15, 0.2) is 0 Å². The van der Waals surface area contributed by atoms with Crippen LogP contribution >= 0.6 is 0 Å². The molecule has 0 saturated carbocycles. The molecule has 9 rings (SSSR count). The van der Waals surface area contributed by atoms with Gasteiger partial charge in [0, 0.05) is 61.3 Å². The van der Waals surface area contributed by atoms with Crippen molar-refractivity contribution in [2.75, 3.05) is 9.80 Å². The first kappa shape index (κ1) is 38.2. The van der Waals surface area contributed by atoms with Crippen LogP contribution in [0.4, 0.5) is 22.7 Å². The Hall–Kier alpha value is -5.64. The molecule has 0 spiro atoms. The second-order valence-corrected chi connectivity index (χ2v) is 15.6. The van der Waals surface area contributed by atoms with Gasteiger partial charge < -0.3 is 19.1 Å². The van der Waals surface area contributed by atoms with Gasteiger partial charge in [-0.15, -0.1) is 48.1 Å². The van der Waals surface area contributed by atoms with Gasteiger partial charge in [-0.05, 0) is 94.3 Å². The number of anilines is 4. The summed E-state index contributed by atoms with van der Waals surface area (Å²) in [5.41, 5.74) is 11.1. The Morgan fingerprint density at radius 3 is 2.16 bits per heavy atom. The van der Waals surface area contributed by atoms with Crippen molar-refractivity contribution >= 4 is 44.6 Å². The molecule has 5 nitrogen and oxygen atoms in total. The standard InChI is InChI=1S/C51H45N4O.Pt/c1-6-35(7-2)37-26-27-52-50(30-37)55-46-21-12-11-20-44(46)45-25-24-43(33-49(45)55)56-42-19-15-18-40(32-42)53-34-54(48-23-14-13-22-47(48)53)41-29-38(36-16-9-8-10-17-36)28-39(31-41)51(3,4)5;/h8-31,34-35H,6-7H2,1-5H3;/q-3;. The average Bonchev–Trinajstić information content (AvgIpc) is 3.78. The second-order valence-electron chi connectivity index (χ2n) is 15.6. The predicted octanol–water partition coefficient (Wildman–Crippen LogP) is 13.8. The number of benzene rings is 6. The molecule has 0 radical (unpaired) electrons. The molecule has 6 aromatic carbocycles. The maximum absolute atomic E-state index is 6.59. The van der Waals surface area contributed by atoms with Gasteiger partial charge in [-0.25, -0.2) is 4.98 Å². The summed E-state index contributed by atoms with van der Waals surface area (Å²) in [6.45, 7) is 13.5. The maximum atomic E-state index is 6.59. The summed E-state index contributed by atoms with van der Waals surface area (Å²) in [6.07, 6.45) is 4.11. The molecule has 288 valence electrons. The number of para-hydroxylation sites is 3. The van der Waals surface area contributed by atoms with E-state index < -0.39 is 0 Å². The van der Waals surface area contributed by atoms with Crippen LogP contribution in [0.15, 0.2) is 146 Å². The Morgan fingerprint density at radius 1 is 0.667 bits per heavy atom. The van der Waals surface area contributed by atoms with E-state index >= 15 is 0 Å². The minimum atomic E-state index is -0.0277. The maximum Gasteiger partial charge on any atom is 0.135 e. The van der Waals surface area contributed by atoms with Crippen LogP contribution < -0.4 is 14.5 Å². The number of aromatic nitrogens is 2. The summed E-state index contributed by atoms with van der Waals surface area (Å²) in [4.78, 5) is 9.34. The third kappa shape index (κ3) is 7.26. The molecule has 8 aromatic rings. The summed E-state index contributed by atoms with van der Waals surface area (Å²) in [5.74, 6) is 2.60. The van der Waals surface area contributed by atoms with Crippen LogP contribution in [0.2, 0.25) is 0 Å².